The molecule has 0 atom stereocenters. The van der Waals surface area contributed by atoms with E-state index in [2.05, 4.69) is 36.2 Å². The molecule has 3 heteroatoms. The van der Waals surface area contributed by atoms with E-state index in [1.807, 2.05) is 30.3 Å². The molecule has 0 aliphatic heterocycles. The Bertz CT molecular complexity index is 915. The summed E-state index contributed by atoms with van der Waals surface area (Å²) in [6, 6.07) is 19.9. The lowest BCUT2D eigenvalue weighted by Crippen LogP contribution is -2.22. The van der Waals surface area contributed by atoms with Crippen LogP contribution in [0.15, 0.2) is 73.3 Å². The number of allylic oxidation sites excluding steroid dienone is 1. The first-order chi connectivity index (χ1) is 12.2. The second kappa shape index (κ2) is 7.67. The van der Waals surface area contributed by atoms with Gasteiger partial charge >= 0.3 is 0 Å². The summed E-state index contributed by atoms with van der Waals surface area (Å²) >= 11 is 0. The van der Waals surface area contributed by atoms with Gasteiger partial charge in [0.05, 0.1) is 7.11 Å². The van der Waals surface area contributed by atoms with Gasteiger partial charge in [-0.2, -0.15) is 0 Å². The highest BCUT2D eigenvalue weighted by Crippen LogP contribution is 2.21. The first-order valence-corrected chi connectivity index (χ1v) is 8.25. The van der Waals surface area contributed by atoms with Crippen molar-refractivity contribution in [1.29, 1.82) is 0 Å². The Hall–Kier alpha value is -3.07. The van der Waals surface area contributed by atoms with Crippen LogP contribution < -0.4 is 10.1 Å². The first kappa shape index (κ1) is 16.8. The maximum absolute atomic E-state index is 12.5. The van der Waals surface area contributed by atoms with Crippen molar-refractivity contribution in [2.45, 2.75) is 13.0 Å². The lowest BCUT2D eigenvalue weighted by Gasteiger charge is -2.10. The molecule has 0 aliphatic rings. The molecule has 0 radical (unpaired) electrons. The molecule has 1 amide bonds. The van der Waals surface area contributed by atoms with Crippen LogP contribution in [0.1, 0.15) is 21.5 Å². The van der Waals surface area contributed by atoms with Gasteiger partial charge in [-0.15, -0.1) is 6.58 Å². The second-order valence-corrected chi connectivity index (χ2v) is 5.88. The molecular weight excluding hydrogens is 310 g/mol. The Morgan fingerprint density at radius 3 is 2.64 bits per heavy atom. The molecule has 3 nitrogen and oxygen atoms in total. The molecular formula is C22H21NO2. The lowest BCUT2D eigenvalue weighted by atomic mass is 10.1. The average molecular weight is 331 g/mol. The number of rotatable bonds is 6. The van der Waals surface area contributed by atoms with E-state index in [4.69, 9.17) is 4.74 Å². The zero-order valence-corrected chi connectivity index (χ0v) is 14.3. The quantitative estimate of drug-likeness (QED) is 0.675. The van der Waals surface area contributed by atoms with Gasteiger partial charge in [-0.25, -0.2) is 0 Å². The molecule has 0 spiro atoms. The summed E-state index contributed by atoms with van der Waals surface area (Å²) in [7, 11) is 1.63. The Morgan fingerprint density at radius 2 is 1.88 bits per heavy atom. The van der Waals surface area contributed by atoms with Crippen molar-refractivity contribution in [2.75, 3.05) is 7.11 Å². The van der Waals surface area contributed by atoms with Gasteiger partial charge in [0, 0.05) is 12.1 Å². The van der Waals surface area contributed by atoms with E-state index in [0.717, 1.165) is 16.9 Å². The maximum atomic E-state index is 12.5. The van der Waals surface area contributed by atoms with Crippen molar-refractivity contribution in [3.63, 3.8) is 0 Å². The number of methoxy groups -OCH3 is 1. The predicted octanol–water partition coefficient (Wildman–Crippen LogP) is 4.51. The minimum absolute atomic E-state index is 0.0962. The Kier molecular flexibility index (Phi) is 5.14. The topological polar surface area (TPSA) is 38.3 Å². The van der Waals surface area contributed by atoms with Crippen LogP contribution in [0.25, 0.3) is 10.8 Å². The van der Waals surface area contributed by atoms with Crippen LogP contribution in [0, 0.1) is 0 Å². The fraction of sp³-hybridized carbons (Fsp3) is 0.136. The molecule has 126 valence electrons. The highest BCUT2D eigenvalue weighted by Gasteiger charge is 2.09. The van der Waals surface area contributed by atoms with Crippen molar-refractivity contribution in [1.82, 2.24) is 5.32 Å². The minimum Gasteiger partial charge on any atom is -0.496 e. The van der Waals surface area contributed by atoms with Gasteiger partial charge < -0.3 is 10.1 Å². The summed E-state index contributed by atoms with van der Waals surface area (Å²) in [6.45, 7) is 4.24. The van der Waals surface area contributed by atoms with Gasteiger partial charge in [0.1, 0.15) is 5.75 Å². The number of hydrogen-bond acceptors (Lipinski definition) is 2. The monoisotopic (exact) mass is 331 g/mol. The molecule has 3 rings (SSSR count). The smallest absolute Gasteiger partial charge is 0.251 e. The number of hydrogen-bond donors (Lipinski definition) is 1. The van der Waals surface area contributed by atoms with E-state index in [1.165, 1.54) is 10.8 Å². The van der Waals surface area contributed by atoms with Crippen LogP contribution in [0.2, 0.25) is 0 Å². The van der Waals surface area contributed by atoms with E-state index < -0.39 is 0 Å². The number of benzene rings is 3. The van der Waals surface area contributed by atoms with E-state index in [0.29, 0.717) is 18.5 Å². The number of carbonyl (C=O) groups excluding carboxylic acids is 1. The van der Waals surface area contributed by atoms with Gasteiger partial charge in [0.25, 0.3) is 5.91 Å². The normalized spacial score (nSPS) is 10.4. The largest absolute Gasteiger partial charge is 0.496 e. The second-order valence-electron chi connectivity index (χ2n) is 5.88. The lowest BCUT2D eigenvalue weighted by molar-refractivity contribution is 0.0951. The SMILES string of the molecule is C=CCc1cc(C(=O)NCc2ccc3ccccc3c2)ccc1OC. The zero-order valence-electron chi connectivity index (χ0n) is 14.3. The fourth-order valence-electron chi connectivity index (χ4n) is 2.87. The molecule has 3 aromatic carbocycles. The summed E-state index contributed by atoms with van der Waals surface area (Å²) in [6.07, 6.45) is 2.46. The van der Waals surface area contributed by atoms with Crippen molar-refractivity contribution in [2.24, 2.45) is 0 Å². The standard InChI is InChI=1S/C22H21NO2/c1-3-6-19-14-20(11-12-21(19)25-2)22(24)23-15-16-9-10-17-7-4-5-8-18(17)13-16/h3-5,7-14H,1,6,15H2,2H3,(H,23,24). The molecule has 0 fully saturated rings. The Morgan fingerprint density at radius 1 is 1.08 bits per heavy atom. The predicted molar refractivity (Wildman–Crippen MR) is 102 cm³/mol. The molecule has 3 aromatic rings. The number of nitrogens with one attached hydrogen (secondary N) is 1. The maximum Gasteiger partial charge on any atom is 0.251 e. The third-order valence-electron chi connectivity index (χ3n) is 4.17. The van der Waals surface area contributed by atoms with Crippen molar-refractivity contribution >= 4 is 16.7 Å². The van der Waals surface area contributed by atoms with Crippen molar-refractivity contribution in [3.05, 3.63) is 90.0 Å². The molecule has 0 unspecified atom stereocenters. The third kappa shape index (κ3) is 3.89. The number of amides is 1. The molecule has 0 heterocycles. The van der Waals surface area contributed by atoms with Crippen molar-refractivity contribution < 1.29 is 9.53 Å². The summed E-state index contributed by atoms with van der Waals surface area (Å²) in [5.41, 5.74) is 2.65. The molecule has 0 aliphatic carbocycles. The third-order valence-corrected chi connectivity index (χ3v) is 4.17. The van der Waals surface area contributed by atoms with Gasteiger partial charge in [0.2, 0.25) is 0 Å². The number of ether oxygens (including phenoxy) is 1. The van der Waals surface area contributed by atoms with Crippen molar-refractivity contribution in [3.8, 4) is 5.75 Å². The highest BCUT2D eigenvalue weighted by molar-refractivity contribution is 5.94. The summed E-state index contributed by atoms with van der Waals surface area (Å²) in [5.74, 6) is 0.673. The Labute approximate surface area is 147 Å². The van der Waals surface area contributed by atoms with E-state index in [9.17, 15) is 4.79 Å². The van der Waals surface area contributed by atoms with Crippen LogP contribution in [-0.4, -0.2) is 13.0 Å². The van der Waals surface area contributed by atoms with Gasteiger partial charge in [0.15, 0.2) is 0 Å². The molecule has 0 saturated heterocycles. The van der Waals surface area contributed by atoms with Crippen LogP contribution >= 0.6 is 0 Å². The van der Waals surface area contributed by atoms with Crippen LogP contribution in [0.3, 0.4) is 0 Å². The molecule has 0 bridgehead atoms. The van der Waals surface area contributed by atoms with E-state index >= 15 is 0 Å². The minimum atomic E-state index is -0.0962. The van der Waals surface area contributed by atoms with Gasteiger partial charge in [-0.3, -0.25) is 4.79 Å². The highest BCUT2D eigenvalue weighted by atomic mass is 16.5. The Balaban J connectivity index is 1.73. The summed E-state index contributed by atoms with van der Waals surface area (Å²) in [4.78, 5) is 12.5. The van der Waals surface area contributed by atoms with E-state index in [-0.39, 0.29) is 5.91 Å². The number of fused-ring (bicyclic) bond motifs is 1. The van der Waals surface area contributed by atoms with Crippen LogP contribution in [0.5, 0.6) is 5.75 Å². The van der Waals surface area contributed by atoms with Gasteiger partial charge in [-0.05, 0) is 52.6 Å². The summed E-state index contributed by atoms with van der Waals surface area (Å²) < 4.78 is 5.32. The molecule has 25 heavy (non-hydrogen) atoms. The first-order valence-electron chi connectivity index (χ1n) is 8.25. The summed E-state index contributed by atoms with van der Waals surface area (Å²) in [5, 5.41) is 5.35. The molecule has 1 N–H and O–H groups in total. The van der Waals surface area contributed by atoms with Gasteiger partial charge in [-0.1, -0.05) is 42.5 Å². The molecule has 0 aromatic heterocycles. The molecule has 0 saturated carbocycles. The fourth-order valence-corrected chi connectivity index (χ4v) is 2.87. The zero-order chi connectivity index (χ0) is 17.6. The van der Waals surface area contributed by atoms with Crippen LogP contribution in [0.4, 0.5) is 0 Å². The van der Waals surface area contributed by atoms with E-state index in [1.54, 1.807) is 19.3 Å². The number of carbonyl (C=O) groups is 1. The average Bonchev–Trinajstić information content (AvgIpc) is 2.66. The van der Waals surface area contributed by atoms with Crippen LogP contribution in [-0.2, 0) is 13.0 Å².